The zero-order valence-electron chi connectivity index (χ0n) is 8.28. The van der Waals surface area contributed by atoms with Crippen molar-refractivity contribution in [3.63, 3.8) is 0 Å². The summed E-state index contributed by atoms with van der Waals surface area (Å²) in [6.07, 6.45) is -3.79. The van der Waals surface area contributed by atoms with E-state index >= 15 is 0 Å². The fourth-order valence-electron chi connectivity index (χ4n) is 1.01. The highest BCUT2D eigenvalue weighted by molar-refractivity contribution is 5.03. The topological polar surface area (TPSA) is 36.3 Å². The molecule has 0 aromatic carbocycles. The number of hydrogen-bond donors (Lipinski definition) is 0. The van der Waals surface area contributed by atoms with Crippen LogP contribution in [-0.4, -0.2) is 30.3 Å². The largest absolute Gasteiger partial charge is 0.435 e. The predicted molar refractivity (Wildman–Crippen MR) is 45.0 cm³/mol. The van der Waals surface area contributed by atoms with E-state index in [1.165, 1.54) is 20.4 Å². The van der Waals surface area contributed by atoms with Crippen LogP contribution in [0.5, 0.6) is 0 Å². The second-order valence-electron chi connectivity index (χ2n) is 2.82. The zero-order valence-corrected chi connectivity index (χ0v) is 8.28. The number of nitrogens with zero attached hydrogens (tertiary/aromatic N) is 2. The molecule has 0 bridgehead atoms. The fraction of sp³-hybridized carbons (Fsp3) is 0.625. The van der Waals surface area contributed by atoms with Gasteiger partial charge in [0.15, 0.2) is 12.0 Å². The Kier molecular flexibility index (Phi) is 3.70. The Balaban J connectivity index is 2.68. The van der Waals surface area contributed by atoms with Gasteiger partial charge in [0.25, 0.3) is 0 Å². The van der Waals surface area contributed by atoms with Crippen molar-refractivity contribution < 1.29 is 22.6 Å². The molecule has 0 saturated heterocycles. The van der Waals surface area contributed by atoms with Gasteiger partial charge in [-0.05, 0) is 6.07 Å². The molecule has 1 aromatic rings. The Hall–Kier alpha value is -1.08. The Morgan fingerprint density at radius 1 is 1.40 bits per heavy atom. The molecule has 0 aliphatic heterocycles. The van der Waals surface area contributed by atoms with Crippen molar-refractivity contribution in [2.75, 3.05) is 14.2 Å². The molecule has 1 aromatic heterocycles. The van der Waals surface area contributed by atoms with Gasteiger partial charge in [0.2, 0.25) is 0 Å². The van der Waals surface area contributed by atoms with E-state index in [9.17, 15) is 13.2 Å². The summed E-state index contributed by atoms with van der Waals surface area (Å²) in [5.41, 5.74) is -0.923. The minimum Gasteiger partial charge on any atom is -0.354 e. The average Bonchev–Trinajstić information content (AvgIpc) is 2.61. The third-order valence-electron chi connectivity index (χ3n) is 1.79. The van der Waals surface area contributed by atoms with Crippen LogP contribution in [0.3, 0.4) is 0 Å². The van der Waals surface area contributed by atoms with Crippen LogP contribution in [0.15, 0.2) is 12.3 Å². The van der Waals surface area contributed by atoms with E-state index in [1.807, 2.05) is 0 Å². The van der Waals surface area contributed by atoms with Gasteiger partial charge in [0.1, 0.15) is 0 Å². The molecule has 0 N–H and O–H groups in total. The molecule has 86 valence electrons. The molecular weight excluding hydrogens is 213 g/mol. The van der Waals surface area contributed by atoms with Crippen molar-refractivity contribution in [1.82, 2.24) is 9.78 Å². The minimum atomic E-state index is -4.42. The smallest absolute Gasteiger partial charge is 0.354 e. The number of alkyl halides is 3. The molecule has 4 nitrogen and oxygen atoms in total. The number of rotatable bonds is 4. The number of aromatic nitrogens is 2. The Morgan fingerprint density at radius 2 is 2.00 bits per heavy atom. The van der Waals surface area contributed by atoms with Crippen molar-refractivity contribution >= 4 is 0 Å². The summed E-state index contributed by atoms with van der Waals surface area (Å²) in [4.78, 5) is 0. The molecule has 1 heterocycles. The Morgan fingerprint density at radius 3 is 2.40 bits per heavy atom. The van der Waals surface area contributed by atoms with Crippen LogP contribution in [0.2, 0.25) is 0 Å². The van der Waals surface area contributed by atoms with Gasteiger partial charge in [0.05, 0.1) is 6.54 Å². The van der Waals surface area contributed by atoms with Crippen LogP contribution in [0.25, 0.3) is 0 Å². The lowest BCUT2D eigenvalue weighted by atomic mass is 10.4. The summed E-state index contributed by atoms with van der Waals surface area (Å²) in [6.45, 7) is 0.114. The number of methoxy groups -OCH3 is 2. The third kappa shape index (κ3) is 3.21. The lowest BCUT2D eigenvalue weighted by molar-refractivity contribution is -0.142. The first-order valence-corrected chi connectivity index (χ1v) is 4.13. The standard InChI is InChI=1S/C8H11F3N2O2/c1-14-7(15-2)5-13-4-3-6(12-13)8(9,10)11/h3-4,7H,5H2,1-2H3. The van der Waals surface area contributed by atoms with Crippen molar-refractivity contribution in [1.29, 1.82) is 0 Å². The zero-order chi connectivity index (χ0) is 11.5. The third-order valence-corrected chi connectivity index (χ3v) is 1.79. The van der Waals surface area contributed by atoms with Crippen LogP contribution in [0, 0.1) is 0 Å². The summed E-state index contributed by atoms with van der Waals surface area (Å²) in [7, 11) is 2.81. The first kappa shape index (κ1) is 12.0. The van der Waals surface area contributed by atoms with Crippen molar-refractivity contribution in [3.05, 3.63) is 18.0 Å². The molecule has 0 atom stereocenters. The van der Waals surface area contributed by atoms with Crippen molar-refractivity contribution in [2.45, 2.75) is 19.0 Å². The van der Waals surface area contributed by atoms with Gasteiger partial charge >= 0.3 is 6.18 Å². The Labute approximate surface area is 84.6 Å². The SMILES string of the molecule is COC(Cn1ccc(C(F)(F)F)n1)OC. The van der Waals surface area contributed by atoms with E-state index in [0.29, 0.717) is 0 Å². The number of halogens is 3. The molecule has 0 unspecified atom stereocenters. The molecule has 0 aliphatic carbocycles. The monoisotopic (exact) mass is 224 g/mol. The molecule has 0 amide bonds. The highest BCUT2D eigenvalue weighted by Gasteiger charge is 2.33. The average molecular weight is 224 g/mol. The molecule has 0 saturated carbocycles. The number of hydrogen-bond acceptors (Lipinski definition) is 3. The van der Waals surface area contributed by atoms with E-state index in [4.69, 9.17) is 9.47 Å². The summed E-state index contributed by atoms with van der Waals surface area (Å²) >= 11 is 0. The van der Waals surface area contributed by atoms with Gasteiger partial charge in [-0.15, -0.1) is 0 Å². The molecule has 1 rings (SSSR count). The van der Waals surface area contributed by atoms with Gasteiger partial charge in [-0.25, -0.2) is 0 Å². The van der Waals surface area contributed by atoms with E-state index in [2.05, 4.69) is 5.10 Å². The van der Waals surface area contributed by atoms with E-state index in [0.717, 1.165) is 10.7 Å². The maximum atomic E-state index is 12.2. The lowest BCUT2D eigenvalue weighted by Crippen LogP contribution is -2.21. The first-order chi connectivity index (χ1) is 6.97. The lowest BCUT2D eigenvalue weighted by Gasteiger charge is -2.12. The first-order valence-electron chi connectivity index (χ1n) is 4.13. The van der Waals surface area contributed by atoms with Gasteiger partial charge in [-0.2, -0.15) is 18.3 Å². The molecule has 0 aliphatic rings. The van der Waals surface area contributed by atoms with Crippen LogP contribution >= 0.6 is 0 Å². The van der Waals surface area contributed by atoms with Crippen molar-refractivity contribution in [2.24, 2.45) is 0 Å². The molecule has 7 heteroatoms. The van der Waals surface area contributed by atoms with Crippen LogP contribution < -0.4 is 0 Å². The molecular formula is C8H11F3N2O2. The fourth-order valence-corrected chi connectivity index (χ4v) is 1.01. The molecule has 15 heavy (non-hydrogen) atoms. The minimum absolute atomic E-state index is 0.114. The summed E-state index contributed by atoms with van der Waals surface area (Å²) in [5, 5.41) is 3.35. The summed E-state index contributed by atoms with van der Waals surface area (Å²) in [6, 6.07) is 0.905. The molecule has 0 radical (unpaired) electrons. The highest BCUT2D eigenvalue weighted by atomic mass is 19.4. The van der Waals surface area contributed by atoms with E-state index < -0.39 is 18.2 Å². The predicted octanol–water partition coefficient (Wildman–Crippen LogP) is 1.52. The van der Waals surface area contributed by atoms with E-state index in [1.54, 1.807) is 0 Å². The van der Waals surface area contributed by atoms with Gasteiger partial charge < -0.3 is 9.47 Å². The van der Waals surface area contributed by atoms with Gasteiger partial charge in [0, 0.05) is 20.4 Å². The maximum Gasteiger partial charge on any atom is 0.435 e. The van der Waals surface area contributed by atoms with Gasteiger partial charge in [-0.1, -0.05) is 0 Å². The van der Waals surface area contributed by atoms with Crippen LogP contribution in [-0.2, 0) is 22.2 Å². The normalized spacial score (nSPS) is 12.4. The summed E-state index contributed by atoms with van der Waals surface area (Å²) < 4.78 is 47.3. The number of ether oxygens (including phenoxy) is 2. The molecule has 0 fully saturated rings. The second-order valence-corrected chi connectivity index (χ2v) is 2.82. The maximum absolute atomic E-state index is 12.2. The summed E-state index contributed by atoms with van der Waals surface area (Å²) in [5.74, 6) is 0. The second kappa shape index (κ2) is 4.63. The van der Waals surface area contributed by atoms with Crippen molar-refractivity contribution in [3.8, 4) is 0 Å². The Bertz CT molecular complexity index is 307. The van der Waals surface area contributed by atoms with Gasteiger partial charge in [-0.3, -0.25) is 4.68 Å². The van der Waals surface area contributed by atoms with E-state index in [-0.39, 0.29) is 6.54 Å². The van der Waals surface area contributed by atoms with Crippen LogP contribution in [0.4, 0.5) is 13.2 Å². The highest BCUT2D eigenvalue weighted by Crippen LogP contribution is 2.27. The quantitative estimate of drug-likeness (QED) is 0.727. The van der Waals surface area contributed by atoms with Crippen LogP contribution in [0.1, 0.15) is 5.69 Å². The molecule has 0 spiro atoms.